The molecule has 5 heteroatoms. The maximum Gasteiger partial charge on any atom is 0.180 e. The normalized spacial score (nSPS) is 31.0. The quantitative estimate of drug-likeness (QED) is 0.437. The maximum atomic E-state index is 14.3. The molecule has 34 heavy (non-hydrogen) atoms. The minimum Gasteiger partial charge on any atom is -0.507 e. The van der Waals surface area contributed by atoms with Crippen LogP contribution in [0.1, 0.15) is 96.4 Å². The number of aromatic hydroxyl groups is 1. The van der Waals surface area contributed by atoms with Gasteiger partial charge in [0.1, 0.15) is 11.5 Å². The molecule has 0 radical (unpaired) electrons. The van der Waals surface area contributed by atoms with Crippen LogP contribution in [0.3, 0.4) is 0 Å². The number of phenols is 1. The van der Waals surface area contributed by atoms with Crippen LogP contribution in [0.5, 0.6) is 5.75 Å². The van der Waals surface area contributed by atoms with E-state index in [1.165, 1.54) is 6.92 Å². The Morgan fingerprint density at radius 2 is 1.71 bits per heavy atom. The first-order chi connectivity index (χ1) is 15.6. The second-order valence-corrected chi connectivity index (χ2v) is 11.7. The van der Waals surface area contributed by atoms with E-state index in [1.54, 1.807) is 6.92 Å². The van der Waals surface area contributed by atoms with Gasteiger partial charge in [-0.3, -0.25) is 14.4 Å². The van der Waals surface area contributed by atoms with E-state index in [1.807, 2.05) is 33.8 Å². The van der Waals surface area contributed by atoms with Crippen molar-refractivity contribution in [2.45, 2.75) is 87.0 Å². The van der Waals surface area contributed by atoms with Crippen LogP contribution in [0.25, 0.3) is 5.76 Å². The first-order valence-electron chi connectivity index (χ1n) is 12.3. The molecule has 0 aliphatic heterocycles. The van der Waals surface area contributed by atoms with Gasteiger partial charge in [0.15, 0.2) is 17.3 Å². The summed E-state index contributed by atoms with van der Waals surface area (Å²) in [6.45, 7) is 14.9. The molecule has 3 aliphatic rings. The van der Waals surface area contributed by atoms with E-state index in [2.05, 4.69) is 13.8 Å². The number of aliphatic hydroxyl groups is 1. The van der Waals surface area contributed by atoms with Crippen molar-refractivity contribution in [3.8, 4) is 5.75 Å². The second kappa shape index (κ2) is 7.40. The van der Waals surface area contributed by atoms with Crippen LogP contribution in [-0.4, -0.2) is 27.6 Å². The SMILES string of the molecule is CCc1cc(C(C)C)c2c(c1O)C(O)=C1C(=O)[C@]3(C)C(=O)C(C(C)=O)=C(C)C[C@]3(C)CC1(C)C2. The summed E-state index contributed by atoms with van der Waals surface area (Å²) in [5.74, 6) is -1.22. The van der Waals surface area contributed by atoms with Crippen molar-refractivity contribution in [1.82, 2.24) is 0 Å². The highest BCUT2D eigenvalue weighted by molar-refractivity contribution is 6.31. The predicted molar refractivity (Wildman–Crippen MR) is 132 cm³/mol. The Labute approximate surface area is 202 Å². The van der Waals surface area contributed by atoms with Gasteiger partial charge in [0, 0.05) is 11.0 Å². The summed E-state index contributed by atoms with van der Waals surface area (Å²) < 4.78 is 0. The van der Waals surface area contributed by atoms with Crippen molar-refractivity contribution in [2.24, 2.45) is 16.2 Å². The third-order valence-electron chi connectivity index (χ3n) is 8.95. The zero-order chi connectivity index (χ0) is 25.5. The Balaban J connectivity index is 2.04. The smallest absolute Gasteiger partial charge is 0.180 e. The van der Waals surface area contributed by atoms with Gasteiger partial charge < -0.3 is 10.2 Å². The van der Waals surface area contributed by atoms with Crippen molar-refractivity contribution in [3.05, 3.63) is 45.0 Å². The summed E-state index contributed by atoms with van der Waals surface area (Å²) in [6.07, 6.45) is 2.08. The number of allylic oxidation sites excluding steroid dienone is 3. The topological polar surface area (TPSA) is 91.7 Å². The van der Waals surface area contributed by atoms with Gasteiger partial charge in [-0.25, -0.2) is 0 Å². The number of benzene rings is 1. The molecule has 0 saturated heterocycles. The highest BCUT2D eigenvalue weighted by atomic mass is 16.3. The maximum absolute atomic E-state index is 14.3. The van der Waals surface area contributed by atoms with Crippen LogP contribution in [0, 0.1) is 16.2 Å². The number of rotatable bonds is 3. The van der Waals surface area contributed by atoms with Crippen LogP contribution in [0.4, 0.5) is 0 Å². The largest absolute Gasteiger partial charge is 0.507 e. The number of ketones is 3. The van der Waals surface area contributed by atoms with Crippen molar-refractivity contribution < 1.29 is 24.6 Å². The van der Waals surface area contributed by atoms with E-state index >= 15 is 0 Å². The fourth-order valence-corrected chi connectivity index (χ4v) is 7.20. The van der Waals surface area contributed by atoms with Crippen LogP contribution in [0.2, 0.25) is 0 Å². The Hall–Kier alpha value is -2.69. The Kier molecular flexibility index (Phi) is 5.32. The van der Waals surface area contributed by atoms with Crippen molar-refractivity contribution in [2.75, 3.05) is 0 Å². The molecule has 0 aromatic heterocycles. The number of phenolic OH excluding ortho intramolecular Hbond substituents is 1. The van der Waals surface area contributed by atoms with Crippen LogP contribution >= 0.6 is 0 Å². The minimum absolute atomic E-state index is 0.00961. The molecule has 1 fully saturated rings. The van der Waals surface area contributed by atoms with Gasteiger partial charge in [0.25, 0.3) is 0 Å². The lowest BCUT2D eigenvalue weighted by molar-refractivity contribution is -0.152. The van der Waals surface area contributed by atoms with Gasteiger partial charge in [-0.1, -0.05) is 46.3 Å². The number of hydrogen-bond acceptors (Lipinski definition) is 5. The summed E-state index contributed by atoms with van der Waals surface area (Å²) in [7, 11) is 0. The molecule has 0 spiro atoms. The Morgan fingerprint density at radius 1 is 1.09 bits per heavy atom. The number of carbonyl (C=O) groups excluding carboxylic acids is 3. The zero-order valence-electron chi connectivity index (χ0n) is 21.6. The Morgan fingerprint density at radius 3 is 2.24 bits per heavy atom. The third kappa shape index (κ3) is 2.88. The van der Waals surface area contributed by atoms with E-state index < -0.39 is 27.8 Å². The van der Waals surface area contributed by atoms with E-state index in [0.29, 0.717) is 31.2 Å². The van der Waals surface area contributed by atoms with Crippen LogP contribution < -0.4 is 0 Å². The summed E-state index contributed by atoms with van der Waals surface area (Å²) in [6, 6.07) is 2.02. The highest BCUT2D eigenvalue weighted by Crippen LogP contribution is 2.65. The fourth-order valence-electron chi connectivity index (χ4n) is 7.20. The molecule has 3 aliphatic carbocycles. The van der Waals surface area contributed by atoms with Crippen molar-refractivity contribution in [3.63, 3.8) is 0 Å². The number of aliphatic hydroxyl groups excluding tert-OH is 1. The molecule has 1 aromatic carbocycles. The van der Waals surface area contributed by atoms with Gasteiger partial charge in [0.2, 0.25) is 0 Å². The average Bonchev–Trinajstić information content (AvgIpc) is 2.70. The zero-order valence-corrected chi connectivity index (χ0v) is 21.6. The minimum atomic E-state index is -1.45. The highest BCUT2D eigenvalue weighted by Gasteiger charge is 2.67. The molecule has 0 heterocycles. The molecule has 182 valence electrons. The molecule has 1 unspecified atom stereocenters. The van der Waals surface area contributed by atoms with Crippen molar-refractivity contribution >= 4 is 23.1 Å². The number of hydrogen-bond donors (Lipinski definition) is 2. The molecule has 4 rings (SSSR count). The summed E-state index contributed by atoms with van der Waals surface area (Å²) in [5, 5.41) is 22.7. The lowest BCUT2D eigenvalue weighted by atomic mass is 9.42. The van der Waals surface area contributed by atoms with E-state index in [0.717, 1.165) is 22.3 Å². The second-order valence-electron chi connectivity index (χ2n) is 11.7. The van der Waals surface area contributed by atoms with Gasteiger partial charge in [-0.2, -0.15) is 0 Å². The molecule has 5 nitrogen and oxygen atoms in total. The molecule has 0 bridgehead atoms. The van der Waals surface area contributed by atoms with Crippen LogP contribution in [0.15, 0.2) is 22.8 Å². The van der Waals surface area contributed by atoms with Crippen molar-refractivity contribution in [1.29, 1.82) is 0 Å². The predicted octanol–water partition coefficient (Wildman–Crippen LogP) is 5.77. The van der Waals surface area contributed by atoms with E-state index in [9.17, 15) is 24.6 Å². The first-order valence-corrected chi connectivity index (χ1v) is 12.3. The molecule has 1 aromatic rings. The molecular formula is C29H36O5. The van der Waals surface area contributed by atoms with Crippen LogP contribution in [-0.2, 0) is 27.2 Å². The number of Topliss-reactive ketones (excluding diaryl/α,β-unsaturated/α-hetero) is 3. The first kappa shape index (κ1) is 24.4. The standard InChI is InChI=1S/C29H36O5/c1-9-17-10-18(14(2)3)19-12-27(6)13-28(7)11-15(4)20(16(5)30)25(33)29(28,8)26(34)22(27)24(32)21(19)23(17)31/h10,14,31-32H,9,11-13H2,1-8H3/t27?,28-,29+/m1/s1. The molecule has 1 saturated carbocycles. The Bertz CT molecular complexity index is 1230. The lowest BCUT2D eigenvalue weighted by Gasteiger charge is -2.58. The van der Waals surface area contributed by atoms with Gasteiger partial charge >= 0.3 is 0 Å². The lowest BCUT2D eigenvalue weighted by Crippen LogP contribution is -2.61. The number of aryl methyl sites for hydroxylation is 1. The van der Waals surface area contributed by atoms with Gasteiger partial charge in [0.05, 0.1) is 16.6 Å². The monoisotopic (exact) mass is 464 g/mol. The fraction of sp³-hybridized carbons (Fsp3) is 0.552. The molecule has 0 amide bonds. The third-order valence-corrected chi connectivity index (χ3v) is 8.95. The van der Waals surface area contributed by atoms with Gasteiger partial charge in [-0.15, -0.1) is 0 Å². The van der Waals surface area contributed by atoms with E-state index in [4.69, 9.17) is 0 Å². The summed E-state index contributed by atoms with van der Waals surface area (Å²) in [5.41, 5.74) is 1.23. The number of fused-ring (bicyclic) bond motifs is 3. The number of carbonyl (C=O) groups is 3. The molecule has 3 atom stereocenters. The molecule has 2 N–H and O–H groups in total. The summed E-state index contributed by atoms with van der Waals surface area (Å²) in [4.78, 5) is 40.4. The van der Waals surface area contributed by atoms with Gasteiger partial charge in [-0.05, 0) is 74.5 Å². The molecular weight excluding hydrogens is 428 g/mol. The van der Waals surface area contributed by atoms with E-state index in [-0.39, 0.29) is 34.4 Å². The summed E-state index contributed by atoms with van der Waals surface area (Å²) >= 11 is 0. The average molecular weight is 465 g/mol.